The van der Waals surface area contributed by atoms with Crippen molar-refractivity contribution in [1.82, 2.24) is 14.6 Å². The average Bonchev–Trinajstić information content (AvgIpc) is 3.07. The largest absolute Gasteiger partial charge is 0.381 e. The number of pyridine rings is 1. The second kappa shape index (κ2) is 6.86. The van der Waals surface area contributed by atoms with Crippen LogP contribution in [0.4, 0.5) is 5.69 Å². The Balaban J connectivity index is 1.44. The highest BCUT2D eigenvalue weighted by Gasteiger charge is 2.35. The number of aromatic nitrogens is 3. The van der Waals surface area contributed by atoms with Gasteiger partial charge in [-0.3, -0.25) is 9.20 Å². The Labute approximate surface area is 151 Å². The standard InChI is InChI=1S/C19H21N5O2/c20-19(8-11-26-12-9-19)18(25)21-15-6-4-14(5-7-15)13-17-23-22-16-3-1-2-10-24(16)17/h1-7,10H,8-9,11-13,20H2,(H,21,25). The highest BCUT2D eigenvalue weighted by atomic mass is 16.5. The summed E-state index contributed by atoms with van der Waals surface area (Å²) in [5.74, 6) is 0.720. The molecule has 1 fully saturated rings. The second-order valence-corrected chi connectivity index (χ2v) is 6.64. The van der Waals surface area contributed by atoms with E-state index >= 15 is 0 Å². The van der Waals surface area contributed by atoms with Gasteiger partial charge in [0.15, 0.2) is 5.65 Å². The molecule has 1 aliphatic heterocycles. The minimum absolute atomic E-state index is 0.156. The molecule has 3 heterocycles. The zero-order chi connectivity index (χ0) is 18.0. The Morgan fingerprint density at radius 3 is 2.69 bits per heavy atom. The number of hydrogen-bond donors (Lipinski definition) is 2. The molecule has 1 aliphatic rings. The van der Waals surface area contributed by atoms with Gasteiger partial charge in [-0.1, -0.05) is 18.2 Å². The van der Waals surface area contributed by atoms with Crippen LogP contribution < -0.4 is 11.1 Å². The van der Waals surface area contributed by atoms with E-state index in [1.54, 1.807) is 0 Å². The summed E-state index contributed by atoms with van der Waals surface area (Å²) in [7, 11) is 0. The monoisotopic (exact) mass is 351 g/mol. The number of anilines is 1. The Bertz CT molecular complexity index is 913. The molecule has 26 heavy (non-hydrogen) atoms. The summed E-state index contributed by atoms with van der Waals surface area (Å²) in [6, 6.07) is 13.6. The highest BCUT2D eigenvalue weighted by molar-refractivity contribution is 5.98. The van der Waals surface area contributed by atoms with E-state index in [0.29, 0.717) is 32.5 Å². The first kappa shape index (κ1) is 16.7. The molecule has 7 nitrogen and oxygen atoms in total. The first-order chi connectivity index (χ1) is 12.6. The number of carbonyl (C=O) groups excluding carboxylic acids is 1. The van der Waals surface area contributed by atoms with Gasteiger partial charge in [-0.25, -0.2) is 0 Å². The van der Waals surface area contributed by atoms with Crippen molar-refractivity contribution in [2.45, 2.75) is 24.8 Å². The molecule has 7 heteroatoms. The number of fused-ring (bicyclic) bond motifs is 1. The molecule has 134 valence electrons. The van der Waals surface area contributed by atoms with Gasteiger partial charge < -0.3 is 15.8 Å². The summed E-state index contributed by atoms with van der Waals surface area (Å²) < 4.78 is 7.26. The van der Waals surface area contributed by atoms with E-state index in [2.05, 4.69) is 15.5 Å². The van der Waals surface area contributed by atoms with Crippen molar-refractivity contribution in [1.29, 1.82) is 0 Å². The molecule has 2 aromatic heterocycles. The Morgan fingerprint density at radius 1 is 1.15 bits per heavy atom. The lowest BCUT2D eigenvalue weighted by Gasteiger charge is -2.31. The fourth-order valence-corrected chi connectivity index (χ4v) is 3.12. The number of nitrogens with two attached hydrogens (primary N) is 1. The molecule has 3 aromatic rings. The van der Waals surface area contributed by atoms with Crippen LogP contribution in [0.5, 0.6) is 0 Å². The number of rotatable bonds is 4. The molecule has 0 aliphatic carbocycles. The lowest BCUT2D eigenvalue weighted by Crippen LogP contribution is -2.54. The van der Waals surface area contributed by atoms with Crippen molar-refractivity contribution in [2.24, 2.45) is 5.73 Å². The normalized spacial score (nSPS) is 16.5. The predicted octanol–water partition coefficient (Wildman–Crippen LogP) is 1.77. The first-order valence-electron chi connectivity index (χ1n) is 8.70. The minimum atomic E-state index is -0.850. The molecule has 1 saturated heterocycles. The van der Waals surface area contributed by atoms with Gasteiger partial charge in [-0.05, 0) is 42.7 Å². The fourth-order valence-electron chi connectivity index (χ4n) is 3.12. The third-order valence-electron chi connectivity index (χ3n) is 4.80. The van der Waals surface area contributed by atoms with Crippen molar-refractivity contribution >= 4 is 17.2 Å². The number of hydrogen-bond acceptors (Lipinski definition) is 5. The molecule has 0 spiro atoms. The van der Waals surface area contributed by atoms with Gasteiger partial charge in [0.05, 0.1) is 0 Å². The lowest BCUT2D eigenvalue weighted by molar-refractivity contribution is -0.124. The van der Waals surface area contributed by atoms with Crippen molar-refractivity contribution in [2.75, 3.05) is 18.5 Å². The minimum Gasteiger partial charge on any atom is -0.381 e. The number of carbonyl (C=O) groups is 1. The maximum absolute atomic E-state index is 12.5. The van der Waals surface area contributed by atoms with Crippen LogP contribution in [-0.4, -0.2) is 39.3 Å². The number of amides is 1. The van der Waals surface area contributed by atoms with E-state index < -0.39 is 5.54 Å². The van der Waals surface area contributed by atoms with Gasteiger partial charge in [0.25, 0.3) is 0 Å². The molecule has 4 rings (SSSR count). The van der Waals surface area contributed by atoms with Gasteiger partial charge in [-0.15, -0.1) is 10.2 Å². The summed E-state index contributed by atoms with van der Waals surface area (Å²) in [6.45, 7) is 1.05. The molecule has 0 unspecified atom stereocenters. The van der Waals surface area contributed by atoms with Crippen molar-refractivity contribution in [3.05, 3.63) is 60.0 Å². The first-order valence-corrected chi connectivity index (χ1v) is 8.70. The molecule has 0 bridgehead atoms. The van der Waals surface area contributed by atoms with Crippen LogP contribution in [-0.2, 0) is 16.0 Å². The molecular weight excluding hydrogens is 330 g/mol. The van der Waals surface area contributed by atoms with Crippen LogP contribution in [0.3, 0.4) is 0 Å². The van der Waals surface area contributed by atoms with Crippen LogP contribution in [0, 0.1) is 0 Å². The van der Waals surface area contributed by atoms with Gasteiger partial charge >= 0.3 is 0 Å². The van der Waals surface area contributed by atoms with Gasteiger partial charge in [0, 0.05) is 31.5 Å². The summed E-state index contributed by atoms with van der Waals surface area (Å²) in [5.41, 5.74) is 8.02. The number of nitrogens with one attached hydrogen (secondary N) is 1. The summed E-state index contributed by atoms with van der Waals surface area (Å²) in [5, 5.41) is 11.3. The van der Waals surface area contributed by atoms with Crippen LogP contribution in [0.25, 0.3) is 5.65 Å². The maximum atomic E-state index is 12.5. The lowest BCUT2D eigenvalue weighted by atomic mass is 9.90. The third kappa shape index (κ3) is 3.31. The van der Waals surface area contributed by atoms with Gasteiger partial charge in [0.2, 0.25) is 5.91 Å². The molecule has 1 amide bonds. The SMILES string of the molecule is NC1(C(=O)Nc2ccc(Cc3nnc4ccccn34)cc2)CCOCC1. The molecule has 0 atom stereocenters. The summed E-state index contributed by atoms with van der Waals surface area (Å²) in [4.78, 5) is 12.5. The Kier molecular flexibility index (Phi) is 4.40. The smallest absolute Gasteiger partial charge is 0.244 e. The van der Waals surface area contributed by atoms with Gasteiger partial charge in [-0.2, -0.15) is 0 Å². The third-order valence-corrected chi connectivity index (χ3v) is 4.80. The van der Waals surface area contributed by atoms with Crippen LogP contribution in [0.1, 0.15) is 24.2 Å². The molecule has 0 radical (unpaired) electrons. The number of ether oxygens (including phenoxy) is 1. The summed E-state index contributed by atoms with van der Waals surface area (Å²) in [6.07, 6.45) is 3.69. The van der Waals surface area contributed by atoms with E-state index in [4.69, 9.17) is 10.5 Å². The van der Waals surface area contributed by atoms with Crippen LogP contribution in [0.15, 0.2) is 48.7 Å². The maximum Gasteiger partial charge on any atom is 0.244 e. The van der Waals surface area contributed by atoms with E-state index in [-0.39, 0.29) is 5.91 Å². The number of nitrogens with zero attached hydrogens (tertiary/aromatic N) is 3. The average molecular weight is 351 g/mol. The molecule has 3 N–H and O–H groups in total. The van der Waals surface area contributed by atoms with E-state index in [1.807, 2.05) is 53.1 Å². The zero-order valence-corrected chi connectivity index (χ0v) is 14.4. The van der Waals surface area contributed by atoms with Crippen molar-refractivity contribution in [3.8, 4) is 0 Å². The van der Waals surface area contributed by atoms with Crippen molar-refractivity contribution < 1.29 is 9.53 Å². The van der Waals surface area contributed by atoms with Crippen molar-refractivity contribution in [3.63, 3.8) is 0 Å². The predicted molar refractivity (Wildman–Crippen MR) is 97.8 cm³/mol. The molecule has 1 aromatic carbocycles. The quantitative estimate of drug-likeness (QED) is 0.747. The number of benzene rings is 1. The Hall–Kier alpha value is -2.77. The fraction of sp³-hybridized carbons (Fsp3) is 0.316. The van der Waals surface area contributed by atoms with E-state index in [0.717, 1.165) is 22.7 Å². The zero-order valence-electron chi connectivity index (χ0n) is 14.4. The highest BCUT2D eigenvalue weighted by Crippen LogP contribution is 2.21. The summed E-state index contributed by atoms with van der Waals surface area (Å²) >= 11 is 0. The molecular formula is C19H21N5O2. The van der Waals surface area contributed by atoms with Gasteiger partial charge in [0.1, 0.15) is 11.4 Å². The second-order valence-electron chi connectivity index (χ2n) is 6.64. The topological polar surface area (TPSA) is 94.5 Å². The van der Waals surface area contributed by atoms with Crippen LogP contribution in [0.2, 0.25) is 0 Å². The Morgan fingerprint density at radius 2 is 1.92 bits per heavy atom. The molecule has 0 saturated carbocycles. The van der Waals surface area contributed by atoms with Crippen LogP contribution >= 0.6 is 0 Å². The van der Waals surface area contributed by atoms with E-state index in [1.165, 1.54) is 0 Å². The van der Waals surface area contributed by atoms with E-state index in [9.17, 15) is 4.79 Å².